The summed E-state index contributed by atoms with van der Waals surface area (Å²) in [6, 6.07) is 0. The van der Waals surface area contributed by atoms with Gasteiger partial charge in [0.2, 0.25) is 0 Å². The molecule has 0 rings (SSSR count). The van der Waals surface area contributed by atoms with Gasteiger partial charge in [0.15, 0.2) is 0 Å². The van der Waals surface area contributed by atoms with Crippen LogP contribution in [0.15, 0.2) is 0 Å². The van der Waals surface area contributed by atoms with Crippen LogP contribution >= 0.6 is 46.1 Å². The summed E-state index contributed by atoms with van der Waals surface area (Å²) >= 11 is 6.61. The summed E-state index contributed by atoms with van der Waals surface area (Å²) in [7, 11) is -3.70. The van der Waals surface area contributed by atoms with E-state index in [0.717, 1.165) is 29.7 Å². The Bertz CT molecular complexity index is 620. The highest BCUT2D eigenvalue weighted by Gasteiger charge is 2.19. The van der Waals surface area contributed by atoms with Crippen LogP contribution in [0.5, 0.6) is 0 Å². The lowest BCUT2D eigenvalue weighted by Gasteiger charge is -2.20. The molecule has 42 heavy (non-hydrogen) atoms. The van der Waals surface area contributed by atoms with Gasteiger partial charge >= 0.3 is 0 Å². The minimum absolute atomic E-state index is 0.0417. The molecule has 0 aromatic carbocycles. The SMILES string of the molecule is CC(C)(C)CBr.CC(C)(C)CP(C)(C)=O.CC(C)(N)CBr.CC(C)(N)CP(C)(C)=O.CCC(C)(C)N.CCC(C)(C)N. The van der Waals surface area contributed by atoms with Gasteiger partial charge in [-0.25, -0.2) is 0 Å². The van der Waals surface area contributed by atoms with E-state index in [0.29, 0.717) is 11.6 Å². The van der Waals surface area contributed by atoms with Crippen molar-refractivity contribution < 1.29 is 9.13 Å². The van der Waals surface area contributed by atoms with Gasteiger partial charge in [0.05, 0.1) is 14.3 Å². The molecule has 0 amide bonds. The molecule has 10 heteroatoms. The minimum Gasteiger partial charge on any atom is -0.326 e. The molecule has 264 valence electrons. The lowest BCUT2D eigenvalue weighted by atomic mass is 10.0. The molecule has 0 spiro atoms. The molecular weight excluding hydrogens is 694 g/mol. The molecule has 0 fully saturated rings. The highest BCUT2D eigenvalue weighted by molar-refractivity contribution is 9.09. The van der Waals surface area contributed by atoms with Crippen LogP contribution in [-0.4, -0.2) is 71.8 Å². The predicted octanol–water partition coefficient (Wildman–Crippen LogP) is 9.82. The number of rotatable bonds is 6. The maximum atomic E-state index is 11.2. The van der Waals surface area contributed by atoms with Crippen molar-refractivity contribution in [2.45, 2.75) is 146 Å². The van der Waals surface area contributed by atoms with Crippen molar-refractivity contribution in [1.29, 1.82) is 0 Å². The van der Waals surface area contributed by atoms with Gasteiger partial charge in [-0.1, -0.05) is 87.2 Å². The number of nitrogens with two attached hydrogens (primary N) is 4. The van der Waals surface area contributed by atoms with Crippen molar-refractivity contribution in [3.05, 3.63) is 0 Å². The van der Waals surface area contributed by atoms with Gasteiger partial charge in [0.1, 0.15) is 0 Å². The smallest absolute Gasteiger partial charge is 0.0836 e. The Labute approximate surface area is 283 Å². The second kappa shape index (κ2) is 23.6. The molecule has 0 saturated carbocycles. The molecule has 0 aromatic rings. The van der Waals surface area contributed by atoms with Gasteiger partial charge in [-0.15, -0.1) is 0 Å². The Morgan fingerprint density at radius 1 is 0.452 bits per heavy atom. The van der Waals surface area contributed by atoms with Crippen LogP contribution in [0.2, 0.25) is 0 Å². The normalized spacial score (nSPS) is 12.8. The van der Waals surface area contributed by atoms with Crippen LogP contribution in [0.25, 0.3) is 0 Å². The van der Waals surface area contributed by atoms with Crippen molar-refractivity contribution in [1.82, 2.24) is 0 Å². The summed E-state index contributed by atoms with van der Waals surface area (Å²) < 4.78 is 22.4. The molecule has 6 nitrogen and oxygen atoms in total. The zero-order valence-electron chi connectivity index (χ0n) is 32.0. The number of halogens is 2. The van der Waals surface area contributed by atoms with E-state index in [4.69, 9.17) is 22.9 Å². The van der Waals surface area contributed by atoms with E-state index in [9.17, 15) is 9.13 Å². The maximum absolute atomic E-state index is 11.2. The fourth-order valence-corrected chi connectivity index (χ4v) is 6.37. The number of hydrogen-bond donors (Lipinski definition) is 4. The van der Waals surface area contributed by atoms with E-state index >= 15 is 0 Å². The van der Waals surface area contributed by atoms with E-state index in [2.05, 4.69) is 87.2 Å². The van der Waals surface area contributed by atoms with Crippen LogP contribution < -0.4 is 22.9 Å². The lowest BCUT2D eigenvalue weighted by molar-refractivity contribution is 0.464. The first kappa shape index (κ1) is 55.6. The first-order valence-electron chi connectivity index (χ1n) is 15.0. The maximum Gasteiger partial charge on any atom is 0.0836 e. The van der Waals surface area contributed by atoms with Crippen molar-refractivity contribution in [3.8, 4) is 0 Å². The zero-order chi connectivity index (χ0) is 36.2. The molecule has 0 aliphatic heterocycles. The minimum atomic E-state index is -1.91. The molecular formula is C32H80Br2N4O2P2. The van der Waals surface area contributed by atoms with E-state index in [-0.39, 0.29) is 27.6 Å². The van der Waals surface area contributed by atoms with E-state index in [1.165, 1.54) is 0 Å². The summed E-state index contributed by atoms with van der Waals surface area (Å²) in [6.45, 7) is 40.2. The summed E-state index contributed by atoms with van der Waals surface area (Å²) in [6.07, 6.45) is 3.57. The third-order valence-electron chi connectivity index (χ3n) is 4.21. The van der Waals surface area contributed by atoms with Crippen molar-refractivity contribution in [3.63, 3.8) is 0 Å². The van der Waals surface area contributed by atoms with Crippen LogP contribution in [0.3, 0.4) is 0 Å². The second-order valence-electron chi connectivity index (χ2n) is 17.5. The van der Waals surface area contributed by atoms with E-state index in [1.54, 1.807) is 13.3 Å². The monoisotopic (exact) mass is 772 g/mol. The van der Waals surface area contributed by atoms with Crippen LogP contribution in [-0.2, 0) is 9.13 Å². The molecule has 0 atom stereocenters. The Balaban J connectivity index is -0.0000000936. The Hall–Kier alpha value is 1.26. The lowest BCUT2D eigenvalue weighted by Crippen LogP contribution is -2.35. The second-order valence-corrected chi connectivity index (χ2v) is 25.6. The van der Waals surface area contributed by atoms with Gasteiger partial charge < -0.3 is 32.1 Å². The molecule has 0 bridgehead atoms. The number of hydrogen-bond acceptors (Lipinski definition) is 6. The molecule has 0 aromatic heterocycles. The third-order valence-corrected chi connectivity index (χ3v) is 10.6. The van der Waals surface area contributed by atoms with Crippen molar-refractivity contribution in [2.75, 3.05) is 49.6 Å². The summed E-state index contributed by atoms with van der Waals surface area (Å²) in [5, 5.41) is 1.94. The average Bonchev–Trinajstić information content (AvgIpc) is 2.62. The average molecular weight is 775 g/mol. The molecule has 0 radical (unpaired) electrons. The van der Waals surface area contributed by atoms with Crippen LogP contribution in [0.4, 0.5) is 0 Å². The van der Waals surface area contributed by atoms with Crippen molar-refractivity contribution in [2.24, 2.45) is 33.8 Å². The topological polar surface area (TPSA) is 138 Å². The summed E-state index contributed by atoms with van der Waals surface area (Å²) in [5.74, 6) is 0. The van der Waals surface area contributed by atoms with Crippen molar-refractivity contribution >= 4 is 46.1 Å². The molecule has 0 unspecified atom stereocenters. The third kappa shape index (κ3) is 105. The molecule has 0 aliphatic rings. The molecule has 8 N–H and O–H groups in total. The van der Waals surface area contributed by atoms with E-state index in [1.807, 2.05) is 68.7 Å². The highest BCUT2D eigenvalue weighted by Crippen LogP contribution is 2.42. The Morgan fingerprint density at radius 3 is 0.643 bits per heavy atom. The molecule has 0 aliphatic carbocycles. The van der Waals surface area contributed by atoms with Gasteiger partial charge in [-0.05, 0) is 106 Å². The number of alkyl halides is 2. The van der Waals surface area contributed by atoms with Crippen LogP contribution in [0.1, 0.15) is 124 Å². The largest absolute Gasteiger partial charge is 0.326 e. The van der Waals surface area contributed by atoms with Crippen LogP contribution in [0, 0.1) is 10.8 Å². The Kier molecular flexibility index (Phi) is 31.2. The zero-order valence-corrected chi connectivity index (χ0v) is 37.0. The van der Waals surface area contributed by atoms with E-state index < -0.39 is 14.3 Å². The predicted molar refractivity (Wildman–Crippen MR) is 209 cm³/mol. The first-order valence-corrected chi connectivity index (χ1v) is 22.8. The molecule has 0 saturated heterocycles. The highest BCUT2D eigenvalue weighted by atomic mass is 79.9. The quantitative estimate of drug-likeness (QED) is 0.157. The Morgan fingerprint density at radius 2 is 0.643 bits per heavy atom. The van der Waals surface area contributed by atoms with Gasteiger partial charge in [-0.2, -0.15) is 0 Å². The fourth-order valence-electron chi connectivity index (χ4n) is 2.12. The van der Waals surface area contributed by atoms with Gasteiger partial charge in [0.25, 0.3) is 0 Å². The van der Waals surface area contributed by atoms with Gasteiger partial charge in [0, 0.05) is 45.1 Å². The van der Waals surface area contributed by atoms with Gasteiger partial charge in [-0.3, -0.25) is 0 Å². The standard InChI is InChI=1S/C7H17OP.C6H16NOP.C5H11Br.2C5H13N.C4H10BrN/c1-7(2,3)6-9(4,5)8;1-6(2,7)5-9(3,4)8;1-5(2,3)4-6;2*1-4-5(2,3)6;1-4(2,6)3-5/h6H2,1-5H3;5,7H2,1-4H3;4H2,1-3H3;2*4,6H2,1-3H3;3,6H2,1-2H3. The summed E-state index contributed by atoms with van der Waals surface area (Å²) in [4.78, 5) is 0. The summed E-state index contributed by atoms with van der Waals surface area (Å²) in [5.41, 5.74) is 22.6. The first-order chi connectivity index (χ1) is 17.7. The fraction of sp³-hybridized carbons (Fsp3) is 1.00. The molecule has 0 heterocycles.